The third-order valence-electron chi connectivity index (χ3n) is 2.63. The van der Waals surface area contributed by atoms with Gasteiger partial charge in [-0.15, -0.1) is 0 Å². The summed E-state index contributed by atoms with van der Waals surface area (Å²) in [4.78, 5) is 11.4. The molecular weight excluding hydrogens is 216 g/mol. The van der Waals surface area contributed by atoms with E-state index in [1.165, 1.54) is 0 Å². The Balaban J connectivity index is 2.58. The first-order valence-electron chi connectivity index (χ1n) is 5.94. The monoisotopic (exact) mass is 232 g/mol. The van der Waals surface area contributed by atoms with Gasteiger partial charge in [0.2, 0.25) is 0 Å². The van der Waals surface area contributed by atoms with Gasteiger partial charge in [0.25, 0.3) is 0 Å². The summed E-state index contributed by atoms with van der Waals surface area (Å²) in [6.07, 6.45) is 1.89. The van der Waals surface area contributed by atoms with Crippen LogP contribution in [0.5, 0.6) is 5.75 Å². The molecule has 0 saturated heterocycles. The van der Waals surface area contributed by atoms with Crippen LogP contribution in [0.25, 0.3) is 11.0 Å². The Morgan fingerprint density at radius 3 is 2.76 bits per heavy atom. The maximum Gasteiger partial charge on any atom is 0.336 e. The molecule has 0 aliphatic carbocycles. The van der Waals surface area contributed by atoms with Crippen LogP contribution in [-0.2, 0) is 6.42 Å². The lowest BCUT2D eigenvalue weighted by molar-refractivity contribution is 0.340. The van der Waals surface area contributed by atoms with Crippen molar-refractivity contribution in [1.29, 1.82) is 0 Å². The van der Waals surface area contributed by atoms with Crippen LogP contribution in [0.15, 0.2) is 33.5 Å². The molecule has 0 amide bonds. The molecule has 0 spiro atoms. The van der Waals surface area contributed by atoms with E-state index in [2.05, 4.69) is 6.92 Å². The molecule has 17 heavy (non-hydrogen) atoms. The Kier molecular flexibility index (Phi) is 3.47. The molecule has 0 unspecified atom stereocenters. The number of fused-ring (bicyclic) bond motifs is 1. The molecule has 1 aromatic heterocycles. The van der Waals surface area contributed by atoms with Crippen molar-refractivity contribution in [2.24, 2.45) is 0 Å². The van der Waals surface area contributed by atoms with E-state index in [1.807, 2.05) is 19.1 Å². The summed E-state index contributed by atoms with van der Waals surface area (Å²) in [5.74, 6) is 0.733. The van der Waals surface area contributed by atoms with Gasteiger partial charge in [-0.1, -0.05) is 13.3 Å². The Bertz CT molecular complexity index is 569. The normalized spacial score (nSPS) is 10.7. The predicted molar refractivity (Wildman–Crippen MR) is 67.6 cm³/mol. The number of rotatable bonds is 4. The number of hydrogen-bond acceptors (Lipinski definition) is 3. The minimum atomic E-state index is -0.297. The molecular formula is C14H16O3. The average molecular weight is 232 g/mol. The van der Waals surface area contributed by atoms with Gasteiger partial charge in [-0.25, -0.2) is 4.79 Å². The topological polar surface area (TPSA) is 39.4 Å². The fourth-order valence-corrected chi connectivity index (χ4v) is 1.94. The van der Waals surface area contributed by atoms with Gasteiger partial charge in [-0.2, -0.15) is 0 Å². The largest absolute Gasteiger partial charge is 0.494 e. The molecule has 3 heteroatoms. The van der Waals surface area contributed by atoms with Crippen molar-refractivity contribution in [3.8, 4) is 5.75 Å². The third-order valence-corrected chi connectivity index (χ3v) is 2.63. The van der Waals surface area contributed by atoms with Gasteiger partial charge >= 0.3 is 5.63 Å². The first-order valence-corrected chi connectivity index (χ1v) is 5.94. The van der Waals surface area contributed by atoms with E-state index in [0.29, 0.717) is 12.2 Å². The van der Waals surface area contributed by atoms with E-state index >= 15 is 0 Å². The minimum absolute atomic E-state index is 0.297. The van der Waals surface area contributed by atoms with E-state index in [9.17, 15) is 4.79 Å². The number of ether oxygens (including phenoxy) is 1. The Hall–Kier alpha value is -1.77. The summed E-state index contributed by atoms with van der Waals surface area (Å²) in [5, 5.41) is 0.995. The molecule has 2 aromatic rings. The van der Waals surface area contributed by atoms with Gasteiger partial charge in [-0.3, -0.25) is 0 Å². The van der Waals surface area contributed by atoms with Gasteiger partial charge in [0.1, 0.15) is 11.3 Å². The van der Waals surface area contributed by atoms with Crippen LogP contribution in [0.4, 0.5) is 0 Å². The molecule has 1 aromatic carbocycles. The zero-order valence-corrected chi connectivity index (χ0v) is 10.2. The highest BCUT2D eigenvalue weighted by atomic mass is 16.5. The number of benzene rings is 1. The highest BCUT2D eigenvalue weighted by Crippen LogP contribution is 2.23. The zero-order chi connectivity index (χ0) is 12.3. The summed E-state index contributed by atoms with van der Waals surface area (Å²) in [6.45, 7) is 4.62. The average Bonchev–Trinajstić information content (AvgIpc) is 2.29. The maximum atomic E-state index is 11.4. The quantitative estimate of drug-likeness (QED) is 0.760. The van der Waals surface area contributed by atoms with Crippen molar-refractivity contribution in [2.75, 3.05) is 6.61 Å². The SMILES string of the molecule is CCCc1cc(=O)oc2cc(OCC)ccc12. The van der Waals surface area contributed by atoms with E-state index in [0.717, 1.165) is 29.5 Å². The summed E-state index contributed by atoms with van der Waals surface area (Å²) >= 11 is 0. The summed E-state index contributed by atoms with van der Waals surface area (Å²) in [6, 6.07) is 7.21. The molecule has 0 aliphatic heterocycles. The molecule has 0 saturated carbocycles. The van der Waals surface area contributed by atoms with Crippen LogP contribution in [0.2, 0.25) is 0 Å². The minimum Gasteiger partial charge on any atom is -0.494 e. The second-order valence-corrected chi connectivity index (χ2v) is 3.93. The second-order valence-electron chi connectivity index (χ2n) is 3.93. The Morgan fingerprint density at radius 2 is 2.06 bits per heavy atom. The molecule has 0 bridgehead atoms. The van der Waals surface area contributed by atoms with Gasteiger partial charge in [0.05, 0.1) is 6.61 Å². The summed E-state index contributed by atoms with van der Waals surface area (Å²) in [5.41, 5.74) is 1.35. The lowest BCUT2D eigenvalue weighted by Crippen LogP contribution is -2.01. The lowest BCUT2D eigenvalue weighted by Gasteiger charge is -2.06. The van der Waals surface area contributed by atoms with Crippen LogP contribution in [-0.4, -0.2) is 6.61 Å². The van der Waals surface area contributed by atoms with Crippen molar-refractivity contribution < 1.29 is 9.15 Å². The van der Waals surface area contributed by atoms with Crippen LogP contribution in [0.1, 0.15) is 25.8 Å². The molecule has 0 radical (unpaired) electrons. The Labute approximate surface area is 100 Å². The van der Waals surface area contributed by atoms with Crippen LogP contribution >= 0.6 is 0 Å². The molecule has 0 aliphatic rings. The van der Waals surface area contributed by atoms with E-state index in [1.54, 1.807) is 12.1 Å². The van der Waals surface area contributed by atoms with Crippen molar-refractivity contribution >= 4 is 11.0 Å². The zero-order valence-electron chi connectivity index (χ0n) is 10.2. The number of hydrogen-bond donors (Lipinski definition) is 0. The van der Waals surface area contributed by atoms with Crippen molar-refractivity contribution in [3.63, 3.8) is 0 Å². The molecule has 0 atom stereocenters. The van der Waals surface area contributed by atoms with E-state index < -0.39 is 0 Å². The fourth-order valence-electron chi connectivity index (χ4n) is 1.94. The van der Waals surface area contributed by atoms with Crippen molar-refractivity contribution in [3.05, 3.63) is 40.2 Å². The third kappa shape index (κ3) is 2.49. The molecule has 1 heterocycles. The van der Waals surface area contributed by atoms with E-state index in [4.69, 9.17) is 9.15 Å². The molecule has 3 nitrogen and oxygen atoms in total. The Morgan fingerprint density at radius 1 is 1.24 bits per heavy atom. The fraction of sp³-hybridized carbons (Fsp3) is 0.357. The van der Waals surface area contributed by atoms with Gasteiger partial charge in [-0.05, 0) is 31.0 Å². The molecule has 2 rings (SSSR count). The predicted octanol–water partition coefficient (Wildman–Crippen LogP) is 3.14. The molecule has 0 N–H and O–H groups in total. The van der Waals surface area contributed by atoms with Crippen LogP contribution in [0.3, 0.4) is 0 Å². The van der Waals surface area contributed by atoms with Crippen molar-refractivity contribution in [2.45, 2.75) is 26.7 Å². The summed E-state index contributed by atoms with van der Waals surface area (Å²) in [7, 11) is 0. The summed E-state index contributed by atoms with van der Waals surface area (Å²) < 4.78 is 10.6. The van der Waals surface area contributed by atoms with Gasteiger partial charge in [0.15, 0.2) is 0 Å². The highest BCUT2D eigenvalue weighted by molar-refractivity contribution is 5.81. The van der Waals surface area contributed by atoms with Crippen LogP contribution < -0.4 is 10.4 Å². The van der Waals surface area contributed by atoms with Crippen LogP contribution in [0, 0.1) is 0 Å². The first kappa shape index (κ1) is 11.7. The van der Waals surface area contributed by atoms with Crippen molar-refractivity contribution in [1.82, 2.24) is 0 Å². The van der Waals surface area contributed by atoms with Gasteiger partial charge < -0.3 is 9.15 Å². The number of aryl methyl sites for hydroxylation is 1. The molecule has 0 fully saturated rings. The highest BCUT2D eigenvalue weighted by Gasteiger charge is 2.06. The molecule has 90 valence electrons. The maximum absolute atomic E-state index is 11.4. The lowest BCUT2D eigenvalue weighted by atomic mass is 10.1. The van der Waals surface area contributed by atoms with Gasteiger partial charge in [0, 0.05) is 17.5 Å². The second kappa shape index (κ2) is 5.04. The first-order chi connectivity index (χ1) is 8.24. The standard InChI is InChI=1S/C14H16O3/c1-3-5-10-8-14(15)17-13-9-11(16-4-2)6-7-12(10)13/h6-9H,3-5H2,1-2H3. The smallest absolute Gasteiger partial charge is 0.336 e. The van der Waals surface area contributed by atoms with E-state index in [-0.39, 0.29) is 5.63 Å².